The fourth-order valence-corrected chi connectivity index (χ4v) is 5.07. The monoisotopic (exact) mass is 521 g/mol. The molecular weight excluding hydrogens is 502 g/mol. The number of fused-ring (bicyclic) bond motifs is 1. The van der Waals surface area contributed by atoms with Crippen LogP contribution < -0.4 is 10.1 Å². The SMILES string of the molecule is COc1cc2nc(Nc3ccccc3)nc(S(=O)(=O)c3ccccc3)c2cc1-c1ccc(C=O)o1.Cl. The van der Waals surface area contributed by atoms with E-state index in [-0.39, 0.29) is 39.4 Å². The van der Waals surface area contributed by atoms with E-state index in [0.29, 0.717) is 34.6 Å². The van der Waals surface area contributed by atoms with Crippen LogP contribution in [0.5, 0.6) is 5.75 Å². The Labute approximate surface area is 213 Å². The van der Waals surface area contributed by atoms with E-state index in [0.717, 1.165) is 0 Å². The van der Waals surface area contributed by atoms with Crippen molar-refractivity contribution in [3.8, 4) is 17.1 Å². The number of hydrogen-bond donors (Lipinski definition) is 1. The van der Waals surface area contributed by atoms with Crippen LogP contribution in [-0.4, -0.2) is 31.8 Å². The summed E-state index contributed by atoms with van der Waals surface area (Å²) >= 11 is 0. The normalized spacial score (nSPS) is 11.0. The Morgan fingerprint density at radius 2 is 1.61 bits per heavy atom. The third-order valence-corrected chi connectivity index (χ3v) is 7.04. The summed E-state index contributed by atoms with van der Waals surface area (Å²) in [5, 5.41) is 3.19. The van der Waals surface area contributed by atoms with Gasteiger partial charge in [0.05, 0.1) is 23.1 Å². The first-order valence-electron chi connectivity index (χ1n) is 10.6. The van der Waals surface area contributed by atoms with E-state index >= 15 is 0 Å². The lowest BCUT2D eigenvalue weighted by Gasteiger charge is -2.14. The van der Waals surface area contributed by atoms with Gasteiger partial charge in [-0.05, 0) is 42.5 Å². The van der Waals surface area contributed by atoms with Crippen molar-refractivity contribution in [2.24, 2.45) is 0 Å². The Balaban J connectivity index is 0.00000304. The van der Waals surface area contributed by atoms with Gasteiger partial charge in [-0.1, -0.05) is 36.4 Å². The van der Waals surface area contributed by atoms with Crippen LogP contribution in [0.4, 0.5) is 11.6 Å². The molecule has 10 heteroatoms. The van der Waals surface area contributed by atoms with Crippen LogP contribution >= 0.6 is 12.4 Å². The van der Waals surface area contributed by atoms with Crippen molar-refractivity contribution >= 4 is 51.1 Å². The van der Waals surface area contributed by atoms with E-state index in [9.17, 15) is 13.2 Å². The summed E-state index contributed by atoms with van der Waals surface area (Å²) in [6.45, 7) is 0. The van der Waals surface area contributed by atoms with Crippen molar-refractivity contribution in [2.75, 3.05) is 12.4 Å². The summed E-state index contributed by atoms with van der Waals surface area (Å²) in [5.41, 5.74) is 1.52. The molecule has 0 aliphatic heterocycles. The molecule has 0 spiro atoms. The summed E-state index contributed by atoms with van der Waals surface area (Å²) in [4.78, 5) is 20.2. The zero-order chi connectivity index (χ0) is 24.4. The molecule has 2 heterocycles. The van der Waals surface area contributed by atoms with Gasteiger partial charge in [0.2, 0.25) is 15.8 Å². The van der Waals surface area contributed by atoms with E-state index in [2.05, 4.69) is 15.3 Å². The molecule has 0 bridgehead atoms. The van der Waals surface area contributed by atoms with Crippen LogP contribution in [0.2, 0.25) is 0 Å². The van der Waals surface area contributed by atoms with Gasteiger partial charge < -0.3 is 14.5 Å². The molecule has 8 nitrogen and oxygen atoms in total. The number of anilines is 2. The Hall–Kier alpha value is -4.21. The number of carbonyl (C=O) groups excluding carboxylic acids is 1. The molecule has 5 rings (SSSR count). The Morgan fingerprint density at radius 1 is 0.917 bits per heavy atom. The minimum absolute atomic E-state index is 0. The molecule has 36 heavy (non-hydrogen) atoms. The number of sulfone groups is 1. The second-order valence-corrected chi connectivity index (χ2v) is 9.41. The van der Waals surface area contributed by atoms with E-state index in [4.69, 9.17) is 9.15 Å². The Bertz CT molecular complexity index is 1640. The van der Waals surface area contributed by atoms with Gasteiger partial charge in [0, 0.05) is 17.1 Å². The molecule has 0 amide bonds. The molecule has 2 aromatic heterocycles. The van der Waals surface area contributed by atoms with Gasteiger partial charge in [-0.2, -0.15) is 4.98 Å². The number of nitrogens with zero attached hydrogens (tertiary/aromatic N) is 2. The maximum atomic E-state index is 13.7. The molecule has 0 saturated carbocycles. The second kappa shape index (κ2) is 10.2. The minimum Gasteiger partial charge on any atom is -0.496 e. The topological polar surface area (TPSA) is 111 Å². The second-order valence-electron chi connectivity index (χ2n) is 7.55. The molecule has 1 N–H and O–H groups in total. The van der Waals surface area contributed by atoms with Crippen molar-refractivity contribution in [1.82, 2.24) is 9.97 Å². The number of methoxy groups -OCH3 is 1. The highest BCUT2D eigenvalue weighted by atomic mass is 35.5. The average Bonchev–Trinajstić information content (AvgIpc) is 3.38. The van der Waals surface area contributed by atoms with Gasteiger partial charge in [-0.15, -0.1) is 12.4 Å². The maximum absolute atomic E-state index is 13.7. The zero-order valence-corrected chi connectivity index (χ0v) is 20.5. The number of para-hydroxylation sites is 1. The minimum atomic E-state index is -4.02. The summed E-state index contributed by atoms with van der Waals surface area (Å²) in [6.07, 6.45) is 0.590. The highest BCUT2D eigenvalue weighted by Gasteiger charge is 2.26. The predicted molar refractivity (Wildman–Crippen MR) is 138 cm³/mol. The van der Waals surface area contributed by atoms with Gasteiger partial charge in [0.15, 0.2) is 17.1 Å². The number of furan rings is 1. The van der Waals surface area contributed by atoms with Crippen LogP contribution in [0.15, 0.2) is 99.3 Å². The molecule has 5 aromatic rings. The molecule has 0 saturated heterocycles. The first-order chi connectivity index (χ1) is 17.0. The predicted octanol–water partition coefficient (Wildman–Crippen LogP) is 5.71. The molecule has 0 aliphatic rings. The van der Waals surface area contributed by atoms with Gasteiger partial charge in [0.25, 0.3) is 0 Å². The molecule has 0 radical (unpaired) electrons. The number of aromatic nitrogens is 2. The van der Waals surface area contributed by atoms with Crippen LogP contribution in [0.25, 0.3) is 22.2 Å². The van der Waals surface area contributed by atoms with Crippen LogP contribution in [0, 0.1) is 0 Å². The summed E-state index contributed by atoms with van der Waals surface area (Å²) < 4.78 is 38.5. The highest BCUT2D eigenvalue weighted by molar-refractivity contribution is 7.91. The highest BCUT2D eigenvalue weighted by Crippen LogP contribution is 2.38. The number of hydrogen-bond acceptors (Lipinski definition) is 8. The summed E-state index contributed by atoms with van der Waals surface area (Å²) in [5.74, 6) is 1.00. The number of nitrogens with one attached hydrogen (secondary N) is 1. The number of halogens is 1. The summed E-state index contributed by atoms with van der Waals surface area (Å²) in [7, 11) is -2.53. The van der Waals surface area contributed by atoms with Crippen molar-refractivity contribution in [1.29, 1.82) is 0 Å². The number of benzene rings is 3. The van der Waals surface area contributed by atoms with Gasteiger partial charge in [-0.3, -0.25) is 4.79 Å². The van der Waals surface area contributed by atoms with Crippen LogP contribution in [-0.2, 0) is 9.84 Å². The molecule has 182 valence electrons. The van der Waals surface area contributed by atoms with E-state index in [1.54, 1.807) is 36.4 Å². The van der Waals surface area contributed by atoms with Crippen LogP contribution in [0.1, 0.15) is 10.6 Å². The summed E-state index contributed by atoms with van der Waals surface area (Å²) in [6, 6.07) is 23.6. The molecular formula is C26H20ClN3O5S. The van der Waals surface area contributed by atoms with Gasteiger partial charge >= 0.3 is 0 Å². The number of aldehydes is 1. The van der Waals surface area contributed by atoms with Crippen molar-refractivity contribution in [2.45, 2.75) is 9.92 Å². The lowest BCUT2D eigenvalue weighted by molar-refractivity contribution is 0.110. The molecule has 3 aromatic carbocycles. The average molecular weight is 522 g/mol. The fourth-order valence-electron chi connectivity index (χ4n) is 3.67. The maximum Gasteiger partial charge on any atom is 0.229 e. The van der Waals surface area contributed by atoms with E-state index in [1.807, 2.05) is 30.3 Å². The van der Waals surface area contributed by atoms with Crippen molar-refractivity contribution in [3.63, 3.8) is 0 Å². The largest absolute Gasteiger partial charge is 0.496 e. The van der Waals surface area contributed by atoms with Crippen molar-refractivity contribution < 1.29 is 22.4 Å². The fraction of sp³-hybridized carbons (Fsp3) is 0.0385. The molecule has 0 unspecified atom stereocenters. The van der Waals surface area contributed by atoms with Crippen molar-refractivity contribution in [3.05, 3.63) is 90.7 Å². The first-order valence-corrected chi connectivity index (χ1v) is 12.1. The lowest BCUT2D eigenvalue weighted by Crippen LogP contribution is -2.09. The third kappa shape index (κ3) is 4.66. The Kier molecular flexibility index (Phi) is 7.05. The smallest absolute Gasteiger partial charge is 0.229 e. The zero-order valence-electron chi connectivity index (χ0n) is 18.9. The van der Waals surface area contributed by atoms with Gasteiger partial charge in [-0.25, -0.2) is 13.4 Å². The standard InChI is InChI=1S/C26H19N3O5S.ClH/c1-33-24-15-22-20(14-21(24)23-13-12-18(16-30)34-23)25(35(31,32)19-10-6-3-7-11-19)29-26(28-22)27-17-8-4-2-5-9-17;/h2-16H,1H3,(H,27,28,29);1H. The molecule has 0 atom stereocenters. The number of rotatable bonds is 7. The lowest BCUT2D eigenvalue weighted by atomic mass is 10.1. The van der Waals surface area contributed by atoms with E-state index < -0.39 is 9.84 Å². The first kappa shape index (κ1) is 24.9. The number of ether oxygens (including phenoxy) is 1. The third-order valence-electron chi connectivity index (χ3n) is 5.33. The Morgan fingerprint density at radius 3 is 2.25 bits per heavy atom. The molecule has 0 aliphatic carbocycles. The van der Waals surface area contributed by atoms with Crippen LogP contribution in [0.3, 0.4) is 0 Å². The van der Waals surface area contributed by atoms with E-state index in [1.165, 1.54) is 25.3 Å². The molecule has 0 fully saturated rings. The quantitative estimate of drug-likeness (QED) is 0.214. The number of carbonyl (C=O) groups is 1. The van der Waals surface area contributed by atoms with Gasteiger partial charge in [0.1, 0.15) is 11.5 Å².